The van der Waals surface area contributed by atoms with E-state index in [1.165, 1.54) is 26.2 Å². The summed E-state index contributed by atoms with van der Waals surface area (Å²) in [6.45, 7) is 3.65. The molecule has 0 aliphatic rings. The van der Waals surface area contributed by atoms with Crippen LogP contribution in [0.25, 0.3) is 0 Å². The van der Waals surface area contributed by atoms with Crippen molar-refractivity contribution in [2.45, 2.75) is 97.0 Å². The Hall–Kier alpha value is -0.960. The lowest BCUT2D eigenvalue weighted by molar-refractivity contribution is -0.119. The molecule has 0 rings (SSSR count). The van der Waals surface area contributed by atoms with Gasteiger partial charge in [0.25, 0.3) is 0 Å². The van der Waals surface area contributed by atoms with Gasteiger partial charge < -0.3 is 5.11 Å². The summed E-state index contributed by atoms with van der Waals surface area (Å²) < 4.78 is 0. The topological polar surface area (TPSA) is 54.4 Å². The molecule has 0 aliphatic carbocycles. The smallest absolute Gasteiger partial charge is 0.209 e. The molecule has 1 unspecified atom stereocenters. The average molecular weight is 323 g/mol. The van der Waals surface area contributed by atoms with E-state index in [0.717, 1.165) is 51.4 Å². The van der Waals surface area contributed by atoms with Crippen LogP contribution in [-0.2, 0) is 9.59 Å². The zero-order valence-electron chi connectivity index (χ0n) is 15.1. The fraction of sp³-hybridized carbons (Fsp3) is 0.800. The molecule has 0 aliphatic heterocycles. The van der Waals surface area contributed by atoms with Crippen LogP contribution in [-0.4, -0.2) is 23.3 Å². The van der Waals surface area contributed by atoms with Crippen molar-refractivity contribution in [3.05, 3.63) is 12.2 Å². The molecule has 0 aromatic carbocycles. The van der Waals surface area contributed by atoms with Gasteiger partial charge in [-0.3, -0.25) is 9.59 Å². The maximum Gasteiger partial charge on any atom is 0.209 e. The van der Waals surface area contributed by atoms with Crippen molar-refractivity contribution in [3.63, 3.8) is 0 Å². The van der Waals surface area contributed by atoms with E-state index in [0.29, 0.717) is 6.42 Å². The Balaban J connectivity index is 3.43. The van der Waals surface area contributed by atoms with Gasteiger partial charge in [0.15, 0.2) is 0 Å². The molecule has 23 heavy (non-hydrogen) atoms. The molecular weight excluding hydrogens is 288 g/mol. The first-order chi connectivity index (χ1) is 11.1. The summed E-state index contributed by atoms with van der Waals surface area (Å²) in [6.07, 6.45) is 18.3. The number of Topliss-reactive ketones (excluding diaryl/α,β-unsaturated/α-hetero) is 1. The van der Waals surface area contributed by atoms with E-state index in [2.05, 4.69) is 19.1 Å². The predicted molar refractivity (Wildman–Crippen MR) is 96.1 cm³/mol. The molecule has 3 heteroatoms. The van der Waals surface area contributed by atoms with Crippen LogP contribution in [0.4, 0.5) is 0 Å². The van der Waals surface area contributed by atoms with E-state index in [9.17, 15) is 14.7 Å². The summed E-state index contributed by atoms with van der Waals surface area (Å²) in [4.78, 5) is 21.6. The number of rotatable bonds is 16. The van der Waals surface area contributed by atoms with Gasteiger partial charge in [-0.1, -0.05) is 64.0 Å². The Labute approximate surface area is 142 Å². The highest BCUT2D eigenvalue weighted by Crippen LogP contribution is 2.12. The van der Waals surface area contributed by atoms with E-state index in [4.69, 9.17) is 0 Å². The van der Waals surface area contributed by atoms with E-state index in [1.807, 2.05) is 6.29 Å². The maximum absolute atomic E-state index is 11.1. The summed E-state index contributed by atoms with van der Waals surface area (Å²) in [5, 5.41) is 9.83. The highest BCUT2D eigenvalue weighted by Gasteiger charge is 2.12. The molecule has 3 nitrogen and oxygen atoms in total. The first-order valence-corrected chi connectivity index (χ1v) is 9.33. The standard InChI is InChI=1S/C20H35O3/c1-3-4-5-12-15-20(23)16-13-10-8-6-7-9-11-14-19(17-21)18(2)22/h10,13,19-20,23H,3-9,11-12,14-16H2,1-2H3/b13-10-/t19?,20-/m1/s1. The normalized spacial score (nSPS) is 14.0. The molecule has 2 atom stereocenters. The summed E-state index contributed by atoms with van der Waals surface area (Å²) in [5.74, 6) is -0.593. The monoisotopic (exact) mass is 323 g/mol. The molecule has 133 valence electrons. The van der Waals surface area contributed by atoms with Crippen LogP contribution in [0.1, 0.15) is 90.9 Å². The van der Waals surface area contributed by atoms with Gasteiger partial charge in [-0.25, -0.2) is 0 Å². The number of aliphatic hydroxyl groups is 1. The summed E-state index contributed by atoms with van der Waals surface area (Å²) in [6, 6.07) is 0. The highest BCUT2D eigenvalue weighted by molar-refractivity contribution is 5.91. The Kier molecular flexibility index (Phi) is 15.3. The third kappa shape index (κ3) is 14.4. The van der Waals surface area contributed by atoms with Crippen molar-refractivity contribution < 1.29 is 14.7 Å². The molecule has 0 bridgehead atoms. The van der Waals surface area contributed by atoms with Gasteiger partial charge in [0, 0.05) is 0 Å². The van der Waals surface area contributed by atoms with E-state index in [-0.39, 0.29) is 11.9 Å². The van der Waals surface area contributed by atoms with E-state index < -0.39 is 5.92 Å². The number of carbonyl (C=O) groups is 1. The largest absolute Gasteiger partial charge is 0.393 e. The lowest BCUT2D eigenvalue weighted by Gasteiger charge is -2.07. The second kappa shape index (κ2) is 15.9. The van der Waals surface area contributed by atoms with Crippen molar-refractivity contribution >= 4 is 12.1 Å². The zero-order valence-corrected chi connectivity index (χ0v) is 15.1. The van der Waals surface area contributed by atoms with Crippen LogP contribution in [0.3, 0.4) is 0 Å². The second-order valence-corrected chi connectivity index (χ2v) is 6.48. The zero-order chi connectivity index (χ0) is 17.3. The molecule has 0 heterocycles. The molecule has 0 saturated carbocycles. The SMILES string of the molecule is CCCCCC[C@@H](O)C/C=C\CCCCCCC([C]=O)C(C)=O. The lowest BCUT2D eigenvalue weighted by atomic mass is 9.98. The van der Waals surface area contributed by atoms with Gasteiger partial charge in [0.2, 0.25) is 6.29 Å². The molecular formula is C20H35O3. The predicted octanol–water partition coefficient (Wildman–Crippen LogP) is 4.92. The highest BCUT2D eigenvalue weighted by atomic mass is 16.3. The Morgan fingerprint density at radius 3 is 2.30 bits per heavy atom. The van der Waals surface area contributed by atoms with Crippen LogP contribution < -0.4 is 0 Å². The number of hydrogen-bond donors (Lipinski definition) is 1. The third-order valence-corrected chi connectivity index (χ3v) is 4.21. The molecule has 1 N–H and O–H groups in total. The molecule has 0 saturated heterocycles. The van der Waals surface area contributed by atoms with Gasteiger partial charge >= 0.3 is 0 Å². The van der Waals surface area contributed by atoms with Crippen LogP contribution >= 0.6 is 0 Å². The molecule has 0 spiro atoms. The third-order valence-electron chi connectivity index (χ3n) is 4.21. The van der Waals surface area contributed by atoms with Crippen molar-refractivity contribution in [1.82, 2.24) is 0 Å². The number of carbonyl (C=O) groups excluding carboxylic acids is 2. The molecule has 0 aromatic rings. The van der Waals surface area contributed by atoms with Crippen LogP contribution in [0.5, 0.6) is 0 Å². The summed E-state index contributed by atoms with van der Waals surface area (Å²) in [7, 11) is 0. The average Bonchev–Trinajstić information content (AvgIpc) is 2.53. The molecule has 0 aromatic heterocycles. The van der Waals surface area contributed by atoms with Crippen molar-refractivity contribution in [2.24, 2.45) is 5.92 Å². The first kappa shape index (κ1) is 22.0. The van der Waals surface area contributed by atoms with Gasteiger partial charge in [-0.05, 0) is 39.0 Å². The maximum atomic E-state index is 11.1. The molecule has 1 radical (unpaired) electrons. The molecule has 0 fully saturated rings. The van der Waals surface area contributed by atoms with E-state index >= 15 is 0 Å². The van der Waals surface area contributed by atoms with Crippen LogP contribution in [0, 0.1) is 5.92 Å². The fourth-order valence-corrected chi connectivity index (χ4v) is 2.61. The van der Waals surface area contributed by atoms with Crippen LogP contribution in [0.15, 0.2) is 12.2 Å². The minimum Gasteiger partial charge on any atom is -0.393 e. The quantitative estimate of drug-likeness (QED) is 0.249. The van der Waals surface area contributed by atoms with Gasteiger partial charge in [0.05, 0.1) is 12.0 Å². The van der Waals surface area contributed by atoms with Gasteiger partial charge in [-0.15, -0.1) is 0 Å². The first-order valence-electron chi connectivity index (χ1n) is 9.33. The van der Waals surface area contributed by atoms with Crippen LogP contribution in [0.2, 0.25) is 0 Å². The van der Waals surface area contributed by atoms with Crippen molar-refractivity contribution in [3.8, 4) is 0 Å². The Bertz CT molecular complexity index is 323. The number of ketones is 1. The van der Waals surface area contributed by atoms with Gasteiger partial charge in [0.1, 0.15) is 5.78 Å². The minimum atomic E-state index is -0.520. The number of hydrogen-bond acceptors (Lipinski definition) is 3. The summed E-state index contributed by atoms with van der Waals surface area (Å²) >= 11 is 0. The van der Waals surface area contributed by atoms with Gasteiger partial charge in [-0.2, -0.15) is 0 Å². The number of aliphatic hydroxyl groups excluding tert-OH is 1. The van der Waals surface area contributed by atoms with Crippen molar-refractivity contribution in [1.29, 1.82) is 0 Å². The lowest BCUT2D eigenvalue weighted by Crippen LogP contribution is -2.11. The van der Waals surface area contributed by atoms with E-state index in [1.54, 1.807) is 0 Å². The molecule has 0 amide bonds. The minimum absolute atomic E-state index is 0.0730. The fourth-order valence-electron chi connectivity index (χ4n) is 2.61. The second-order valence-electron chi connectivity index (χ2n) is 6.48. The summed E-state index contributed by atoms with van der Waals surface area (Å²) in [5.41, 5.74) is 0. The number of unbranched alkanes of at least 4 members (excludes halogenated alkanes) is 7. The van der Waals surface area contributed by atoms with Crippen molar-refractivity contribution in [2.75, 3.05) is 0 Å². The Morgan fingerprint density at radius 1 is 1.00 bits per heavy atom. The number of allylic oxidation sites excluding steroid dienone is 1. The Morgan fingerprint density at radius 2 is 1.65 bits per heavy atom.